The summed E-state index contributed by atoms with van der Waals surface area (Å²) in [6.45, 7) is 8.20. The Morgan fingerprint density at radius 2 is 1.72 bits per heavy atom. The Morgan fingerprint density at radius 3 is 2.33 bits per heavy atom. The first kappa shape index (κ1) is 13.5. The van der Waals surface area contributed by atoms with E-state index < -0.39 is 0 Å². The molecule has 1 heterocycles. The summed E-state index contributed by atoms with van der Waals surface area (Å²) in [7, 11) is 0. The van der Waals surface area contributed by atoms with Gasteiger partial charge in [-0.1, -0.05) is 12.1 Å². The zero-order valence-corrected chi connectivity index (χ0v) is 11.6. The van der Waals surface area contributed by atoms with E-state index in [4.69, 9.17) is 10.6 Å². The minimum Gasteiger partial charge on any atom is -0.381 e. The summed E-state index contributed by atoms with van der Waals surface area (Å²) < 4.78 is 5.43. The predicted octanol–water partition coefficient (Wildman–Crippen LogP) is 2.54. The van der Waals surface area contributed by atoms with Crippen LogP contribution in [0.1, 0.15) is 41.1 Å². The zero-order valence-electron chi connectivity index (χ0n) is 11.6. The van der Waals surface area contributed by atoms with Gasteiger partial charge in [-0.05, 0) is 61.8 Å². The predicted molar refractivity (Wildman–Crippen MR) is 74.3 cm³/mol. The van der Waals surface area contributed by atoms with Gasteiger partial charge in [0.05, 0.1) is 0 Å². The van der Waals surface area contributed by atoms with Crippen LogP contribution in [0.25, 0.3) is 0 Å². The van der Waals surface area contributed by atoms with E-state index in [0.717, 1.165) is 26.1 Å². The van der Waals surface area contributed by atoms with Crippen LogP contribution in [0.4, 0.5) is 0 Å². The number of nitrogens with two attached hydrogens (primary N) is 1. The highest BCUT2D eigenvalue weighted by atomic mass is 16.5. The summed E-state index contributed by atoms with van der Waals surface area (Å²) in [6, 6.07) is 4.78. The third kappa shape index (κ3) is 2.74. The van der Waals surface area contributed by atoms with E-state index in [2.05, 4.69) is 38.3 Å². The summed E-state index contributed by atoms with van der Waals surface area (Å²) in [5.41, 5.74) is 8.37. The monoisotopic (exact) mass is 248 g/mol. The molecule has 1 atom stereocenters. The van der Waals surface area contributed by atoms with Gasteiger partial charge in [0.1, 0.15) is 0 Å². The molecule has 0 saturated carbocycles. The van der Waals surface area contributed by atoms with Gasteiger partial charge < -0.3 is 4.74 Å². The number of ether oxygens (including phenoxy) is 1. The Morgan fingerprint density at radius 1 is 1.11 bits per heavy atom. The zero-order chi connectivity index (χ0) is 13.1. The lowest BCUT2D eigenvalue weighted by Gasteiger charge is -2.31. The maximum atomic E-state index is 5.80. The number of rotatable bonds is 3. The van der Waals surface area contributed by atoms with Gasteiger partial charge in [0.2, 0.25) is 0 Å². The fourth-order valence-corrected chi connectivity index (χ4v) is 2.85. The smallest absolute Gasteiger partial charge is 0.0492 e. The van der Waals surface area contributed by atoms with Crippen molar-refractivity contribution < 1.29 is 4.74 Å². The summed E-state index contributed by atoms with van der Waals surface area (Å²) in [5, 5.41) is 0. The van der Waals surface area contributed by atoms with E-state index in [1.54, 1.807) is 0 Å². The van der Waals surface area contributed by atoms with E-state index in [9.17, 15) is 0 Å². The van der Waals surface area contributed by atoms with Crippen LogP contribution in [-0.2, 0) is 4.74 Å². The summed E-state index contributed by atoms with van der Waals surface area (Å²) in [6.07, 6.45) is 2.17. The molecule has 0 radical (unpaired) electrons. The van der Waals surface area contributed by atoms with Crippen molar-refractivity contribution in [3.63, 3.8) is 0 Å². The number of nitrogens with one attached hydrogen (secondary N) is 1. The Kier molecular flexibility index (Phi) is 4.38. The van der Waals surface area contributed by atoms with Crippen LogP contribution in [-0.4, -0.2) is 13.2 Å². The van der Waals surface area contributed by atoms with Gasteiger partial charge in [-0.25, -0.2) is 0 Å². The molecular weight excluding hydrogens is 224 g/mol. The van der Waals surface area contributed by atoms with E-state index in [1.165, 1.54) is 22.3 Å². The molecule has 1 fully saturated rings. The number of hydrogen-bond acceptors (Lipinski definition) is 3. The van der Waals surface area contributed by atoms with Crippen LogP contribution in [0, 0.1) is 26.7 Å². The Hall–Kier alpha value is -0.900. The van der Waals surface area contributed by atoms with Crippen molar-refractivity contribution in [3.8, 4) is 0 Å². The van der Waals surface area contributed by atoms with Gasteiger partial charge in [0, 0.05) is 19.3 Å². The molecule has 0 aromatic heterocycles. The van der Waals surface area contributed by atoms with Crippen molar-refractivity contribution >= 4 is 0 Å². The normalized spacial score (nSPS) is 18.9. The second-order valence-electron chi connectivity index (χ2n) is 5.39. The van der Waals surface area contributed by atoms with Crippen LogP contribution in [0.15, 0.2) is 12.1 Å². The van der Waals surface area contributed by atoms with Gasteiger partial charge in [-0.2, -0.15) is 0 Å². The van der Waals surface area contributed by atoms with Gasteiger partial charge in [-0.3, -0.25) is 11.3 Å². The van der Waals surface area contributed by atoms with E-state index >= 15 is 0 Å². The van der Waals surface area contributed by atoms with Crippen molar-refractivity contribution in [2.45, 2.75) is 39.7 Å². The van der Waals surface area contributed by atoms with Crippen LogP contribution in [0.5, 0.6) is 0 Å². The average Bonchev–Trinajstić information content (AvgIpc) is 2.38. The largest absolute Gasteiger partial charge is 0.381 e. The van der Waals surface area contributed by atoms with Crippen LogP contribution in [0.3, 0.4) is 0 Å². The van der Waals surface area contributed by atoms with Crippen molar-refractivity contribution in [1.29, 1.82) is 0 Å². The number of aryl methyl sites for hydroxylation is 3. The van der Waals surface area contributed by atoms with Gasteiger partial charge in [0.15, 0.2) is 0 Å². The lowest BCUT2D eigenvalue weighted by atomic mass is 9.84. The first-order chi connectivity index (χ1) is 8.63. The highest BCUT2D eigenvalue weighted by Gasteiger charge is 2.25. The Labute approximate surface area is 110 Å². The molecule has 1 aliphatic rings. The summed E-state index contributed by atoms with van der Waals surface area (Å²) in [4.78, 5) is 0. The molecule has 0 amide bonds. The molecule has 1 saturated heterocycles. The van der Waals surface area contributed by atoms with Crippen molar-refractivity contribution in [1.82, 2.24) is 5.43 Å². The molecular formula is C15H24N2O. The van der Waals surface area contributed by atoms with Crippen molar-refractivity contribution in [2.75, 3.05) is 13.2 Å². The van der Waals surface area contributed by atoms with E-state index in [-0.39, 0.29) is 6.04 Å². The second kappa shape index (κ2) is 5.83. The molecule has 1 aromatic rings. The van der Waals surface area contributed by atoms with Crippen LogP contribution in [0.2, 0.25) is 0 Å². The van der Waals surface area contributed by atoms with Gasteiger partial charge in [0.25, 0.3) is 0 Å². The molecule has 18 heavy (non-hydrogen) atoms. The third-order valence-electron chi connectivity index (χ3n) is 4.13. The fraction of sp³-hybridized carbons (Fsp3) is 0.600. The number of benzene rings is 1. The van der Waals surface area contributed by atoms with Crippen molar-refractivity contribution in [3.05, 3.63) is 34.4 Å². The molecule has 1 unspecified atom stereocenters. The summed E-state index contributed by atoms with van der Waals surface area (Å²) >= 11 is 0. The molecule has 1 aromatic carbocycles. The second-order valence-corrected chi connectivity index (χ2v) is 5.39. The Bertz CT molecular complexity index is 411. The fourth-order valence-electron chi connectivity index (χ4n) is 2.85. The quantitative estimate of drug-likeness (QED) is 0.638. The standard InChI is InChI=1S/C15H24N2O/c1-10-8-12(3)14(9-11(10)2)15(17-16)13-4-6-18-7-5-13/h8-9,13,15,17H,4-7,16H2,1-3H3. The molecule has 0 aliphatic carbocycles. The van der Waals surface area contributed by atoms with Crippen molar-refractivity contribution in [2.24, 2.45) is 11.8 Å². The van der Waals surface area contributed by atoms with Crippen LogP contribution < -0.4 is 11.3 Å². The molecule has 0 bridgehead atoms. The number of hydrogen-bond donors (Lipinski definition) is 2. The Balaban J connectivity index is 2.28. The molecule has 2 rings (SSSR count). The highest BCUT2D eigenvalue weighted by Crippen LogP contribution is 2.32. The third-order valence-corrected chi connectivity index (χ3v) is 4.13. The lowest BCUT2D eigenvalue weighted by Crippen LogP contribution is -2.36. The van der Waals surface area contributed by atoms with Crippen LogP contribution >= 0.6 is 0 Å². The van der Waals surface area contributed by atoms with Gasteiger partial charge in [-0.15, -0.1) is 0 Å². The molecule has 3 nitrogen and oxygen atoms in total. The molecule has 100 valence electrons. The maximum absolute atomic E-state index is 5.80. The molecule has 1 aliphatic heterocycles. The first-order valence-corrected chi connectivity index (χ1v) is 6.75. The SMILES string of the molecule is Cc1cc(C)c(C(NN)C2CCOCC2)cc1C. The van der Waals surface area contributed by atoms with Gasteiger partial charge >= 0.3 is 0 Å². The molecule has 3 heteroatoms. The highest BCUT2D eigenvalue weighted by molar-refractivity contribution is 5.38. The number of hydrazine groups is 1. The van der Waals surface area contributed by atoms with E-state index in [0.29, 0.717) is 5.92 Å². The summed E-state index contributed by atoms with van der Waals surface area (Å²) in [5.74, 6) is 6.38. The topological polar surface area (TPSA) is 47.3 Å². The lowest BCUT2D eigenvalue weighted by molar-refractivity contribution is 0.0535. The molecule has 0 spiro atoms. The molecule has 3 N–H and O–H groups in total. The maximum Gasteiger partial charge on any atom is 0.0492 e. The average molecular weight is 248 g/mol. The minimum absolute atomic E-state index is 0.244. The van der Waals surface area contributed by atoms with E-state index in [1.807, 2.05) is 0 Å². The minimum atomic E-state index is 0.244. The first-order valence-electron chi connectivity index (χ1n) is 6.75.